The van der Waals surface area contributed by atoms with E-state index in [2.05, 4.69) is 24.1 Å². The van der Waals surface area contributed by atoms with Crippen LogP contribution in [0.2, 0.25) is 0 Å². The van der Waals surface area contributed by atoms with Crippen LogP contribution in [-0.2, 0) is 11.8 Å². The fourth-order valence-corrected chi connectivity index (χ4v) is 0. The van der Waals surface area contributed by atoms with Crippen molar-refractivity contribution in [2.45, 2.75) is 0 Å². The molecule has 0 aromatic heterocycles. The van der Waals surface area contributed by atoms with Gasteiger partial charge in [-0.2, -0.15) is 0 Å². The van der Waals surface area contributed by atoms with Crippen LogP contribution in [0.3, 0.4) is 0 Å². The van der Waals surface area contributed by atoms with Gasteiger partial charge in [0, 0.05) is 6.56 Å². The summed E-state index contributed by atoms with van der Waals surface area (Å²) in [6.07, 6.45) is 0. The van der Waals surface area contributed by atoms with Gasteiger partial charge in [0.1, 0.15) is 0 Å². The Morgan fingerprint density at radius 1 is 1.75 bits per heavy atom. The van der Waals surface area contributed by atoms with Gasteiger partial charge in [-0.05, 0) is 11.8 Å². The van der Waals surface area contributed by atoms with Crippen molar-refractivity contribution in [1.82, 2.24) is 0 Å². The molecule has 0 saturated carbocycles. The molecule has 0 atom stereocenters. The third-order valence-corrected chi connectivity index (χ3v) is 0. The van der Waals surface area contributed by atoms with E-state index in [-0.39, 0.29) is 51.4 Å². The Hall–Kier alpha value is 2.51. The van der Waals surface area contributed by atoms with Crippen LogP contribution in [-0.4, -0.2) is 51.4 Å². The van der Waals surface area contributed by atoms with Crippen LogP contribution in [0.15, 0.2) is 0 Å². The predicted octanol–water partition coefficient (Wildman–Crippen LogP) is 0.591. The van der Waals surface area contributed by atoms with Gasteiger partial charge in [0.25, 0.3) is 0 Å². The van der Waals surface area contributed by atoms with Crippen LogP contribution in [0.4, 0.5) is 0 Å². The van der Waals surface area contributed by atoms with E-state index in [1.54, 1.807) is 0 Å². The van der Waals surface area contributed by atoms with Crippen molar-refractivity contribution >= 4 is 82.0 Å². The number of hydrogen-bond acceptors (Lipinski definition) is 1. The van der Waals surface area contributed by atoms with Crippen molar-refractivity contribution in [3.05, 3.63) is 0 Å². The van der Waals surface area contributed by atoms with Crippen molar-refractivity contribution in [2.75, 3.05) is 0 Å². The zero-order valence-corrected chi connectivity index (χ0v) is 3.91. The van der Waals surface area contributed by atoms with E-state index < -0.39 is 0 Å². The van der Waals surface area contributed by atoms with Gasteiger partial charge in [-0.25, -0.2) is 0 Å². The molecule has 0 aromatic rings. The second-order valence-corrected chi connectivity index (χ2v) is 2.20. The van der Waals surface area contributed by atoms with Crippen LogP contribution >= 0.6 is 18.8 Å². The van der Waals surface area contributed by atoms with Gasteiger partial charge in [0.05, 0.1) is 0 Å². The quantitative estimate of drug-likeness (QED) is 0.289. The molecule has 0 nitrogen and oxygen atoms in total. The molecule has 0 heterocycles. The van der Waals surface area contributed by atoms with Crippen LogP contribution in [0.25, 0.3) is 0 Å². The Kier molecular flexibility index (Phi) is 22.1. The molecule has 0 aliphatic rings. The summed E-state index contributed by atoms with van der Waals surface area (Å²) in [4.78, 5) is 0. The summed E-state index contributed by atoms with van der Waals surface area (Å²) in [5.74, 6) is 0. The number of rotatable bonds is 0. The van der Waals surface area contributed by atoms with Gasteiger partial charge < -0.3 is 0 Å². The summed E-state index contributed by atoms with van der Waals surface area (Å²) in [5, 5.41) is 0. The molecule has 0 unspecified atom stereocenters. The molecule has 0 N–H and O–H groups in total. The monoisotopic (exact) mass is 136 g/mol. The average Bonchev–Trinajstić information content (AvgIpc) is 0.918. The van der Waals surface area contributed by atoms with E-state index in [1.165, 1.54) is 0 Å². The molecule has 20 valence electrons. The number of hydrogen-bond donors (Lipinski definition) is 1. The summed E-state index contributed by atoms with van der Waals surface area (Å²) in [7, 11) is 0. The van der Waals surface area contributed by atoms with E-state index >= 15 is 0 Å². The first kappa shape index (κ1) is 9.71. The fourth-order valence-electron chi connectivity index (χ4n) is 0. The van der Waals surface area contributed by atoms with Crippen LogP contribution in [0.5, 0.6) is 0 Å². The van der Waals surface area contributed by atoms with Crippen LogP contribution in [0, 0.1) is 0 Å². The van der Waals surface area contributed by atoms with Crippen LogP contribution < -0.4 is 0 Å². The molecule has 0 radical (unpaired) electrons. The van der Waals surface area contributed by atoms with Gasteiger partial charge in [-0.3, -0.25) is 0 Å². The predicted molar refractivity (Wildman–Crippen MR) is 30.4 cm³/mol. The standard InChI is InChI=1S/K.HPS2.H/c;2-1-3;/h;(H,2,3);. The second-order valence-electron chi connectivity index (χ2n) is 0.0816. The molecule has 0 amide bonds. The second kappa shape index (κ2) is 9.10. The maximum absolute atomic E-state index is 4.23. The Morgan fingerprint density at radius 2 is 1.75 bits per heavy atom. The molecule has 0 aliphatic carbocycles. The molecule has 4 heteroatoms. The third kappa shape index (κ3) is 8.82. The molecule has 0 fully saturated rings. The average molecular weight is 136 g/mol. The first-order valence-electron chi connectivity index (χ1n) is 0.383. The third-order valence-electron chi connectivity index (χ3n) is 0. The summed E-state index contributed by atoms with van der Waals surface area (Å²) in [6, 6.07) is 0. The molecule has 0 spiro atoms. The van der Waals surface area contributed by atoms with E-state index in [9.17, 15) is 0 Å². The van der Waals surface area contributed by atoms with Gasteiger partial charge >= 0.3 is 51.4 Å². The molecule has 0 aromatic carbocycles. The Labute approximate surface area is 80.2 Å². The SMILES string of the molecule is S=PS.[KH]. The topological polar surface area (TPSA) is 0 Å². The van der Waals surface area contributed by atoms with Gasteiger partial charge in [0.2, 0.25) is 0 Å². The molecule has 0 bridgehead atoms. The Balaban J connectivity index is 0. The zero-order chi connectivity index (χ0) is 2.71. The van der Waals surface area contributed by atoms with Gasteiger partial charge in [-0.1, -0.05) is 0 Å². The van der Waals surface area contributed by atoms with E-state index in [1.807, 2.05) is 0 Å². The molecule has 0 rings (SSSR count). The first-order valence-corrected chi connectivity index (χ1v) is 3.44. The summed E-state index contributed by atoms with van der Waals surface area (Å²) in [6.45, 7) is 0.694. The van der Waals surface area contributed by atoms with E-state index in [4.69, 9.17) is 0 Å². The Bertz CT molecular complexity index is 13.5. The van der Waals surface area contributed by atoms with Crippen LogP contribution in [0.1, 0.15) is 0 Å². The van der Waals surface area contributed by atoms with Crippen molar-refractivity contribution < 1.29 is 0 Å². The molecular formula is H2KPS2. The fraction of sp³-hybridized carbons (Fsp3) is 0. The molecular weight excluding hydrogens is 134 g/mol. The van der Waals surface area contributed by atoms with Gasteiger partial charge in [-0.15, -0.1) is 12.2 Å². The summed E-state index contributed by atoms with van der Waals surface area (Å²) < 4.78 is 0. The Morgan fingerprint density at radius 3 is 1.75 bits per heavy atom. The van der Waals surface area contributed by atoms with E-state index in [0.29, 0.717) is 6.56 Å². The normalized spacial score (nSPS) is 5.25. The first-order chi connectivity index (χ1) is 1.41. The minimum atomic E-state index is 0. The summed E-state index contributed by atoms with van der Waals surface area (Å²) >= 11 is 7.81. The van der Waals surface area contributed by atoms with Crippen molar-refractivity contribution in [3.8, 4) is 0 Å². The van der Waals surface area contributed by atoms with Gasteiger partial charge in [0.15, 0.2) is 0 Å². The van der Waals surface area contributed by atoms with Crippen molar-refractivity contribution in [1.29, 1.82) is 0 Å². The maximum atomic E-state index is 4.23. The molecule has 0 saturated heterocycles. The minimum absolute atomic E-state index is 0. The van der Waals surface area contributed by atoms with Crippen molar-refractivity contribution in [3.63, 3.8) is 0 Å². The van der Waals surface area contributed by atoms with Crippen molar-refractivity contribution in [2.24, 2.45) is 0 Å². The molecule has 0 aliphatic heterocycles. The number of thiol groups is 1. The molecule has 4 heavy (non-hydrogen) atoms. The van der Waals surface area contributed by atoms with E-state index in [0.717, 1.165) is 0 Å². The zero-order valence-electron chi connectivity index (χ0n) is 1.30. The summed E-state index contributed by atoms with van der Waals surface area (Å²) in [5.41, 5.74) is 0.